The summed E-state index contributed by atoms with van der Waals surface area (Å²) in [4.78, 5) is 64.4. The molecule has 1 aliphatic heterocycles. The highest BCUT2D eigenvalue weighted by atomic mass is 35.5. The molecule has 5 rings (SSSR count). The van der Waals surface area contributed by atoms with Crippen LogP contribution in [0.5, 0.6) is 0 Å². The van der Waals surface area contributed by atoms with E-state index in [0.717, 1.165) is 33.2 Å². The standard InChI is InChI=1S/C32H31ClN4O8/c1-32(2,3)45-30(40)26-15-27(38)35-29(18-12-13-24(33)25(14-18)37(42)43)36(26)28(39)16-34-31(41)44-17-23-21-10-6-4-8-19(21)20-9-5-7-11-22(20)23/h4-14,23,26,29H,15-17H2,1-3H3,(H,34,41)(H,35,38)/t26-,29-/m0/s1. The summed E-state index contributed by atoms with van der Waals surface area (Å²) in [5.74, 6) is -2.39. The first-order valence-corrected chi connectivity index (χ1v) is 14.6. The van der Waals surface area contributed by atoms with E-state index in [4.69, 9.17) is 21.1 Å². The molecular formula is C32H31ClN4O8. The van der Waals surface area contributed by atoms with Gasteiger partial charge in [-0.15, -0.1) is 0 Å². The van der Waals surface area contributed by atoms with Gasteiger partial charge >= 0.3 is 12.1 Å². The molecule has 13 heteroatoms. The second-order valence-electron chi connectivity index (χ2n) is 11.7. The number of carbonyl (C=O) groups is 4. The van der Waals surface area contributed by atoms with E-state index in [-0.39, 0.29) is 23.1 Å². The Bertz CT molecular complexity index is 1640. The van der Waals surface area contributed by atoms with Crippen LogP contribution in [0.25, 0.3) is 11.1 Å². The van der Waals surface area contributed by atoms with Gasteiger partial charge in [0.05, 0.1) is 11.3 Å². The number of nitrogens with one attached hydrogen (secondary N) is 2. The van der Waals surface area contributed by atoms with Crippen molar-refractivity contribution in [1.29, 1.82) is 0 Å². The van der Waals surface area contributed by atoms with Crippen LogP contribution in [0.3, 0.4) is 0 Å². The largest absolute Gasteiger partial charge is 0.458 e. The van der Waals surface area contributed by atoms with Crippen LogP contribution in [0.1, 0.15) is 56.0 Å². The number of carbonyl (C=O) groups excluding carboxylic acids is 4. The summed E-state index contributed by atoms with van der Waals surface area (Å²) in [5.41, 5.74) is 2.90. The lowest BCUT2D eigenvalue weighted by atomic mass is 9.98. The molecule has 1 heterocycles. The summed E-state index contributed by atoms with van der Waals surface area (Å²) in [5, 5.41) is 16.5. The number of alkyl carbamates (subject to hydrolysis) is 1. The number of hydrogen-bond donors (Lipinski definition) is 2. The highest BCUT2D eigenvalue weighted by Crippen LogP contribution is 2.44. The lowest BCUT2D eigenvalue weighted by Crippen LogP contribution is -2.60. The fourth-order valence-electron chi connectivity index (χ4n) is 5.59. The summed E-state index contributed by atoms with van der Waals surface area (Å²) in [6, 6.07) is 18.1. The molecule has 2 aliphatic rings. The molecule has 12 nitrogen and oxygen atoms in total. The summed E-state index contributed by atoms with van der Waals surface area (Å²) in [6.07, 6.45) is -2.58. The highest BCUT2D eigenvalue weighted by molar-refractivity contribution is 6.32. The molecule has 0 aromatic heterocycles. The molecule has 0 radical (unpaired) electrons. The third-order valence-electron chi connectivity index (χ3n) is 7.47. The molecule has 234 valence electrons. The number of rotatable bonds is 7. The van der Waals surface area contributed by atoms with Gasteiger partial charge in [-0.3, -0.25) is 19.7 Å². The van der Waals surface area contributed by atoms with Gasteiger partial charge in [0.2, 0.25) is 11.8 Å². The molecule has 1 fully saturated rings. The first-order valence-electron chi connectivity index (χ1n) is 14.2. The quantitative estimate of drug-likeness (QED) is 0.212. The number of ether oxygens (including phenoxy) is 2. The molecule has 3 aromatic rings. The zero-order valence-corrected chi connectivity index (χ0v) is 25.5. The molecule has 1 saturated heterocycles. The maximum Gasteiger partial charge on any atom is 0.407 e. The second kappa shape index (κ2) is 12.6. The molecule has 3 amide bonds. The molecule has 2 atom stereocenters. The first-order chi connectivity index (χ1) is 21.3. The number of hydrogen-bond acceptors (Lipinski definition) is 8. The van der Waals surface area contributed by atoms with Crippen LogP contribution in [0, 0.1) is 10.1 Å². The van der Waals surface area contributed by atoms with Crippen molar-refractivity contribution in [1.82, 2.24) is 15.5 Å². The zero-order valence-electron chi connectivity index (χ0n) is 24.7. The van der Waals surface area contributed by atoms with Crippen LogP contribution < -0.4 is 10.6 Å². The monoisotopic (exact) mass is 634 g/mol. The summed E-state index contributed by atoms with van der Waals surface area (Å²) < 4.78 is 11.0. The van der Waals surface area contributed by atoms with Crippen molar-refractivity contribution in [2.24, 2.45) is 0 Å². The SMILES string of the molecule is CC(C)(C)OC(=O)[C@@H]1CC(=O)N[C@H](c2ccc(Cl)c([N+](=O)[O-])c2)N1C(=O)CNC(=O)OCC1c2ccccc2-c2ccccc21. The fraction of sp³-hybridized carbons (Fsp3) is 0.312. The molecule has 0 unspecified atom stereocenters. The van der Waals surface area contributed by atoms with Crippen LogP contribution >= 0.6 is 11.6 Å². The normalized spacial score (nSPS) is 17.5. The van der Waals surface area contributed by atoms with Crippen LogP contribution in [0.15, 0.2) is 66.7 Å². The minimum Gasteiger partial charge on any atom is -0.458 e. The summed E-state index contributed by atoms with van der Waals surface area (Å²) >= 11 is 5.98. The van der Waals surface area contributed by atoms with Crippen molar-refractivity contribution >= 4 is 41.2 Å². The van der Waals surface area contributed by atoms with Gasteiger partial charge in [0.25, 0.3) is 5.69 Å². The number of fused-ring (bicyclic) bond motifs is 3. The predicted molar refractivity (Wildman–Crippen MR) is 163 cm³/mol. The van der Waals surface area contributed by atoms with E-state index >= 15 is 0 Å². The van der Waals surface area contributed by atoms with Gasteiger partial charge in [0, 0.05) is 17.5 Å². The van der Waals surface area contributed by atoms with Gasteiger partial charge < -0.3 is 25.0 Å². The smallest absolute Gasteiger partial charge is 0.407 e. The average molecular weight is 635 g/mol. The van der Waals surface area contributed by atoms with Crippen molar-refractivity contribution < 1.29 is 33.6 Å². The minimum absolute atomic E-state index is 0.0193. The van der Waals surface area contributed by atoms with E-state index in [2.05, 4.69) is 10.6 Å². The molecule has 1 aliphatic carbocycles. The Hall–Kier alpha value is -4.97. The Morgan fingerprint density at radius 2 is 1.67 bits per heavy atom. The first kappa shape index (κ1) is 31.5. The van der Waals surface area contributed by atoms with Gasteiger partial charge in [0.15, 0.2) is 0 Å². The minimum atomic E-state index is -1.38. The van der Waals surface area contributed by atoms with Crippen molar-refractivity contribution in [3.05, 3.63) is 98.6 Å². The Morgan fingerprint density at radius 3 is 2.27 bits per heavy atom. The topological polar surface area (TPSA) is 157 Å². The molecule has 0 saturated carbocycles. The lowest BCUT2D eigenvalue weighted by molar-refractivity contribution is -0.384. The molecule has 0 bridgehead atoms. The van der Waals surface area contributed by atoms with Crippen LogP contribution in [0.2, 0.25) is 5.02 Å². The van der Waals surface area contributed by atoms with Crippen molar-refractivity contribution in [3.63, 3.8) is 0 Å². The Labute approximate surface area is 263 Å². The predicted octanol–water partition coefficient (Wildman–Crippen LogP) is 4.84. The number of benzene rings is 3. The third-order valence-corrected chi connectivity index (χ3v) is 7.79. The van der Waals surface area contributed by atoms with E-state index in [1.165, 1.54) is 12.1 Å². The van der Waals surface area contributed by atoms with Gasteiger partial charge in [-0.1, -0.05) is 66.2 Å². The lowest BCUT2D eigenvalue weighted by Gasteiger charge is -2.41. The number of nitro groups is 1. The second-order valence-corrected chi connectivity index (χ2v) is 12.1. The van der Waals surface area contributed by atoms with Crippen molar-refractivity contribution in [3.8, 4) is 11.1 Å². The maximum atomic E-state index is 13.7. The molecular weight excluding hydrogens is 604 g/mol. The van der Waals surface area contributed by atoms with Gasteiger partial charge in [-0.05, 0) is 49.1 Å². The molecule has 3 aromatic carbocycles. The fourth-order valence-corrected chi connectivity index (χ4v) is 5.78. The van der Waals surface area contributed by atoms with E-state index in [9.17, 15) is 29.3 Å². The Balaban J connectivity index is 1.34. The summed E-state index contributed by atoms with van der Waals surface area (Å²) in [7, 11) is 0. The number of nitro benzene ring substituents is 1. The van der Waals surface area contributed by atoms with E-state index in [1.807, 2.05) is 48.5 Å². The molecule has 0 spiro atoms. The summed E-state index contributed by atoms with van der Waals surface area (Å²) in [6.45, 7) is 4.33. The molecule has 45 heavy (non-hydrogen) atoms. The highest BCUT2D eigenvalue weighted by Gasteiger charge is 2.44. The van der Waals surface area contributed by atoms with E-state index in [1.54, 1.807) is 20.8 Å². The average Bonchev–Trinajstić information content (AvgIpc) is 3.31. The number of halogens is 1. The van der Waals surface area contributed by atoms with E-state index in [0.29, 0.717) is 0 Å². The number of nitrogens with zero attached hydrogens (tertiary/aromatic N) is 2. The third kappa shape index (κ3) is 6.75. The van der Waals surface area contributed by atoms with Crippen LogP contribution in [-0.2, 0) is 23.9 Å². The van der Waals surface area contributed by atoms with Crippen LogP contribution in [-0.4, -0.2) is 58.5 Å². The Kier molecular flexibility index (Phi) is 8.78. The van der Waals surface area contributed by atoms with Gasteiger partial charge in [-0.25, -0.2) is 9.59 Å². The van der Waals surface area contributed by atoms with Crippen LogP contribution in [0.4, 0.5) is 10.5 Å². The van der Waals surface area contributed by atoms with Crippen molar-refractivity contribution in [2.75, 3.05) is 13.2 Å². The van der Waals surface area contributed by atoms with E-state index < -0.39 is 65.3 Å². The molecule has 2 N–H and O–H groups in total. The maximum absolute atomic E-state index is 13.7. The number of amides is 3. The van der Waals surface area contributed by atoms with Gasteiger partial charge in [-0.2, -0.15) is 0 Å². The zero-order chi connectivity index (χ0) is 32.5. The number of esters is 1. The van der Waals surface area contributed by atoms with Crippen molar-refractivity contribution in [2.45, 2.75) is 50.9 Å². The Morgan fingerprint density at radius 1 is 1.04 bits per heavy atom. The van der Waals surface area contributed by atoms with Gasteiger partial charge in [0.1, 0.15) is 36.0 Å².